The number of carbonyl (C=O) groups is 1. The second-order valence-electron chi connectivity index (χ2n) is 5.68. The highest BCUT2D eigenvalue weighted by atomic mass is 16.4. The second-order valence-corrected chi connectivity index (χ2v) is 5.68. The first-order chi connectivity index (χ1) is 6.46. The summed E-state index contributed by atoms with van der Waals surface area (Å²) in [4.78, 5) is 11.1. The molecule has 2 aliphatic carbocycles. The van der Waals surface area contributed by atoms with Gasteiger partial charge >= 0.3 is 5.97 Å². The Bertz CT molecular complexity index is 258. The van der Waals surface area contributed by atoms with Gasteiger partial charge in [0.05, 0.1) is 5.92 Å². The van der Waals surface area contributed by atoms with E-state index in [9.17, 15) is 4.79 Å². The normalized spacial score (nSPS) is 37.4. The van der Waals surface area contributed by atoms with Crippen molar-refractivity contribution in [1.82, 2.24) is 0 Å². The van der Waals surface area contributed by atoms with Gasteiger partial charge in [0.2, 0.25) is 0 Å². The van der Waals surface area contributed by atoms with E-state index in [-0.39, 0.29) is 11.3 Å². The van der Waals surface area contributed by atoms with Gasteiger partial charge in [-0.15, -0.1) is 0 Å². The van der Waals surface area contributed by atoms with Crippen LogP contribution in [0.5, 0.6) is 0 Å². The molecule has 0 saturated heterocycles. The summed E-state index contributed by atoms with van der Waals surface area (Å²) in [5.74, 6) is -0.228. The number of rotatable bonds is 3. The van der Waals surface area contributed by atoms with E-state index < -0.39 is 5.97 Å². The Hall–Kier alpha value is -0.530. The van der Waals surface area contributed by atoms with Crippen molar-refractivity contribution in [2.24, 2.45) is 22.7 Å². The number of carboxylic acids is 1. The summed E-state index contributed by atoms with van der Waals surface area (Å²) in [7, 11) is 0. The lowest BCUT2D eigenvalue weighted by atomic mass is 9.62. The van der Waals surface area contributed by atoms with Gasteiger partial charge in [-0.05, 0) is 29.6 Å². The summed E-state index contributed by atoms with van der Waals surface area (Å²) in [6.07, 6.45) is 4.96. The third kappa shape index (κ3) is 1.06. The van der Waals surface area contributed by atoms with Crippen LogP contribution in [0.3, 0.4) is 0 Å². The van der Waals surface area contributed by atoms with Crippen LogP contribution in [0.4, 0.5) is 0 Å². The summed E-state index contributed by atoms with van der Waals surface area (Å²) in [5.41, 5.74) is 0.425. The first kappa shape index (κ1) is 10.0. The van der Waals surface area contributed by atoms with Crippen molar-refractivity contribution in [2.75, 3.05) is 0 Å². The molecule has 2 fully saturated rings. The van der Waals surface area contributed by atoms with Crippen LogP contribution >= 0.6 is 0 Å². The Labute approximate surface area is 85.7 Å². The van der Waals surface area contributed by atoms with Crippen LogP contribution in [0.2, 0.25) is 0 Å². The van der Waals surface area contributed by atoms with Crippen molar-refractivity contribution >= 4 is 5.97 Å². The summed E-state index contributed by atoms with van der Waals surface area (Å²) in [5, 5.41) is 9.14. The van der Waals surface area contributed by atoms with Crippen LogP contribution in [0.25, 0.3) is 0 Å². The summed E-state index contributed by atoms with van der Waals surface area (Å²) in [6, 6.07) is 0. The molecule has 0 aromatic heterocycles. The lowest BCUT2D eigenvalue weighted by Crippen LogP contribution is -2.33. The zero-order chi connectivity index (χ0) is 10.6. The first-order valence-corrected chi connectivity index (χ1v) is 5.68. The van der Waals surface area contributed by atoms with Crippen molar-refractivity contribution in [1.29, 1.82) is 0 Å². The Balaban J connectivity index is 2.17. The Morgan fingerprint density at radius 2 is 2.00 bits per heavy atom. The van der Waals surface area contributed by atoms with Gasteiger partial charge < -0.3 is 5.11 Å². The molecule has 0 aromatic rings. The van der Waals surface area contributed by atoms with Crippen LogP contribution in [0, 0.1) is 22.7 Å². The average molecular weight is 196 g/mol. The van der Waals surface area contributed by atoms with Gasteiger partial charge in [0.15, 0.2) is 0 Å². The van der Waals surface area contributed by atoms with E-state index in [1.54, 1.807) is 0 Å². The number of hydrogen-bond acceptors (Lipinski definition) is 1. The first-order valence-electron chi connectivity index (χ1n) is 5.68. The van der Waals surface area contributed by atoms with Crippen LogP contribution in [0.1, 0.15) is 46.5 Å². The molecule has 1 N–H and O–H groups in total. The Morgan fingerprint density at radius 3 is 2.21 bits per heavy atom. The monoisotopic (exact) mass is 196 g/mol. The molecule has 0 spiro atoms. The summed E-state index contributed by atoms with van der Waals surface area (Å²) >= 11 is 0. The molecule has 0 amide bonds. The molecule has 0 unspecified atom stereocenters. The Morgan fingerprint density at radius 1 is 1.43 bits per heavy atom. The van der Waals surface area contributed by atoms with Crippen LogP contribution in [-0.2, 0) is 4.79 Å². The maximum Gasteiger partial charge on any atom is 0.307 e. The van der Waals surface area contributed by atoms with Crippen molar-refractivity contribution < 1.29 is 9.90 Å². The lowest BCUT2D eigenvalue weighted by Gasteiger charge is -2.43. The predicted octanol–water partition coefficient (Wildman–Crippen LogP) is 2.92. The van der Waals surface area contributed by atoms with E-state index in [1.807, 2.05) is 0 Å². The molecule has 2 saturated carbocycles. The van der Waals surface area contributed by atoms with Crippen molar-refractivity contribution in [2.45, 2.75) is 46.5 Å². The second kappa shape index (κ2) is 2.74. The van der Waals surface area contributed by atoms with E-state index in [4.69, 9.17) is 5.11 Å². The zero-order valence-corrected chi connectivity index (χ0v) is 9.34. The van der Waals surface area contributed by atoms with Gasteiger partial charge in [-0.25, -0.2) is 0 Å². The molecule has 2 atom stereocenters. The van der Waals surface area contributed by atoms with Gasteiger partial charge in [0.25, 0.3) is 0 Å². The lowest BCUT2D eigenvalue weighted by molar-refractivity contribution is -0.140. The maximum absolute atomic E-state index is 11.1. The van der Waals surface area contributed by atoms with Gasteiger partial charge in [0, 0.05) is 0 Å². The topological polar surface area (TPSA) is 37.3 Å². The SMILES string of the molecule is CCC1([C@@H]2[C@@H](C(=O)O)C2(C)C)CCC1. The highest BCUT2D eigenvalue weighted by Gasteiger charge is 2.69. The fourth-order valence-corrected chi connectivity index (χ4v) is 3.76. The van der Waals surface area contributed by atoms with Gasteiger partial charge in [-0.3, -0.25) is 4.79 Å². The molecule has 2 rings (SSSR count). The molecule has 2 heteroatoms. The minimum Gasteiger partial charge on any atom is -0.481 e. The van der Waals surface area contributed by atoms with Crippen molar-refractivity contribution in [3.05, 3.63) is 0 Å². The fraction of sp³-hybridized carbons (Fsp3) is 0.917. The van der Waals surface area contributed by atoms with Gasteiger partial charge in [-0.1, -0.05) is 33.6 Å². The molecule has 0 bridgehead atoms. The molecule has 0 aromatic carbocycles. The summed E-state index contributed by atoms with van der Waals surface area (Å²) < 4.78 is 0. The molecular formula is C12H20O2. The largest absolute Gasteiger partial charge is 0.481 e. The minimum absolute atomic E-state index is 0.0439. The van der Waals surface area contributed by atoms with Crippen LogP contribution in [-0.4, -0.2) is 11.1 Å². The van der Waals surface area contributed by atoms with Gasteiger partial charge in [-0.2, -0.15) is 0 Å². The third-order valence-electron chi connectivity index (χ3n) is 4.81. The molecule has 0 radical (unpaired) electrons. The molecule has 2 nitrogen and oxygen atoms in total. The molecule has 0 aliphatic heterocycles. The number of hydrogen-bond donors (Lipinski definition) is 1. The average Bonchev–Trinajstić information content (AvgIpc) is 2.54. The van der Waals surface area contributed by atoms with E-state index in [2.05, 4.69) is 20.8 Å². The van der Waals surface area contributed by atoms with Crippen LogP contribution in [0.15, 0.2) is 0 Å². The van der Waals surface area contributed by atoms with Crippen LogP contribution < -0.4 is 0 Å². The number of aliphatic carboxylic acids is 1. The molecule has 80 valence electrons. The van der Waals surface area contributed by atoms with Gasteiger partial charge in [0.1, 0.15) is 0 Å². The van der Waals surface area contributed by atoms with E-state index in [0.29, 0.717) is 11.3 Å². The third-order valence-corrected chi connectivity index (χ3v) is 4.81. The minimum atomic E-state index is -0.584. The molecule has 2 aliphatic rings. The molecule has 0 heterocycles. The van der Waals surface area contributed by atoms with E-state index in [1.165, 1.54) is 19.3 Å². The molecular weight excluding hydrogens is 176 g/mol. The van der Waals surface area contributed by atoms with Crippen molar-refractivity contribution in [3.8, 4) is 0 Å². The van der Waals surface area contributed by atoms with Crippen molar-refractivity contribution in [3.63, 3.8) is 0 Å². The van der Waals surface area contributed by atoms with E-state index >= 15 is 0 Å². The quantitative estimate of drug-likeness (QED) is 0.753. The standard InChI is InChI=1S/C12H20O2/c1-4-12(6-5-7-12)9-8(10(13)14)11(9,2)3/h8-9H,4-7H2,1-3H3,(H,13,14)/t8-,9+/m0/s1. The number of carboxylic acid groups (broad SMARTS) is 1. The zero-order valence-electron chi connectivity index (χ0n) is 9.34. The fourth-order valence-electron chi connectivity index (χ4n) is 3.76. The highest BCUT2D eigenvalue weighted by molar-refractivity contribution is 5.75. The molecule has 14 heavy (non-hydrogen) atoms. The smallest absolute Gasteiger partial charge is 0.307 e. The maximum atomic E-state index is 11.1. The summed E-state index contributed by atoms with van der Waals surface area (Å²) in [6.45, 7) is 6.45. The van der Waals surface area contributed by atoms with E-state index in [0.717, 1.165) is 6.42 Å². The predicted molar refractivity (Wildman–Crippen MR) is 55.0 cm³/mol. The highest BCUT2D eigenvalue weighted by Crippen LogP contribution is 2.71. The Kier molecular flexibility index (Phi) is 1.96.